The van der Waals surface area contributed by atoms with E-state index in [-0.39, 0.29) is 0 Å². The average Bonchev–Trinajstić information content (AvgIpc) is 3.25. The molecule has 0 spiro atoms. The summed E-state index contributed by atoms with van der Waals surface area (Å²) in [6, 6.07) is 7.76. The Bertz CT molecular complexity index is 1120. The van der Waals surface area contributed by atoms with Crippen molar-refractivity contribution in [2.24, 2.45) is 19.3 Å². The fourth-order valence-electron chi connectivity index (χ4n) is 2.91. The van der Waals surface area contributed by atoms with Crippen LogP contribution in [0, 0.1) is 0 Å². The highest BCUT2D eigenvalue weighted by molar-refractivity contribution is 9.10. The lowest BCUT2D eigenvalue weighted by molar-refractivity contribution is 0.0350. The second-order valence-corrected chi connectivity index (χ2v) is 6.75. The SMILES string of the molecule is Cn1c(=O)c2c(ncn2C2CC(c3ccc(Br)cc3)=NO2)n(C)c1=O. The Morgan fingerprint density at radius 2 is 1.88 bits per heavy atom. The number of fused-ring (bicyclic) bond motifs is 1. The van der Waals surface area contributed by atoms with Gasteiger partial charge < -0.3 is 4.84 Å². The summed E-state index contributed by atoms with van der Waals surface area (Å²) in [6.07, 6.45) is 1.53. The number of benzene rings is 1. The van der Waals surface area contributed by atoms with Gasteiger partial charge in [0.15, 0.2) is 11.2 Å². The number of imidazole rings is 1. The van der Waals surface area contributed by atoms with E-state index in [9.17, 15) is 9.59 Å². The van der Waals surface area contributed by atoms with Crippen molar-refractivity contribution in [3.05, 3.63) is 61.5 Å². The molecule has 3 aromatic rings. The van der Waals surface area contributed by atoms with Crippen molar-refractivity contribution in [2.45, 2.75) is 12.6 Å². The fraction of sp³-hybridized carbons (Fsp3) is 0.250. The molecule has 4 rings (SSSR count). The molecular formula is C16H14BrN5O3. The first kappa shape index (κ1) is 15.8. The number of oxime groups is 1. The van der Waals surface area contributed by atoms with E-state index in [0.717, 1.165) is 20.3 Å². The predicted molar refractivity (Wildman–Crippen MR) is 95.6 cm³/mol. The van der Waals surface area contributed by atoms with E-state index in [2.05, 4.69) is 26.1 Å². The standard InChI is InChI=1S/C16H14BrN5O3/c1-20-14-13(15(23)21(2)16(20)24)22(8-18-14)12-7-11(19-25-12)9-3-5-10(17)6-4-9/h3-6,8,12H,7H2,1-2H3. The molecule has 9 heteroatoms. The molecule has 0 aliphatic carbocycles. The van der Waals surface area contributed by atoms with Crippen molar-refractivity contribution in [3.8, 4) is 0 Å². The quantitative estimate of drug-likeness (QED) is 0.649. The van der Waals surface area contributed by atoms with E-state index in [1.165, 1.54) is 17.9 Å². The van der Waals surface area contributed by atoms with Gasteiger partial charge in [0.25, 0.3) is 5.56 Å². The third-order valence-electron chi connectivity index (χ3n) is 4.31. The minimum atomic E-state index is -0.478. The van der Waals surface area contributed by atoms with Gasteiger partial charge in [-0.1, -0.05) is 33.2 Å². The summed E-state index contributed by atoms with van der Waals surface area (Å²) in [7, 11) is 3.03. The van der Waals surface area contributed by atoms with Crippen molar-refractivity contribution in [3.63, 3.8) is 0 Å². The van der Waals surface area contributed by atoms with Gasteiger partial charge in [-0.15, -0.1) is 0 Å². The topological polar surface area (TPSA) is 83.4 Å². The van der Waals surface area contributed by atoms with Gasteiger partial charge >= 0.3 is 5.69 Å². The molecule has 1 aromatic carbocycles. The van der Waals surface area contributed by atoms with Gasteiger partial charge in [0.05, 0.1) is 12.1 Å². The van der Waals surface area contributed by atoms with Gasteiger partial charge in [0.2, 0.25) is 6.23 Å². The minimum absolute atomic E-state index is 0.321. The smallest absolute Gasteiger partial charge is 0.332 e. The molecule has 1 aliphatic heterocycles. The molecule has 8 nitrogen and oxygen atoms in total. The van der Waals surface area contributed by atoms with Crippen LogP contribution in [0.3, 0.4) is 0 Å². The molecule has 0 saturated carbocycles. The molecule has 1 aliphatic rings. The van der Waals surface area contributed by atoms with Crippen LogP contribution in [0.25, 0.3) is 11.2 Å². The number of hydrogen-bond donors (Lipinski definition) is 0. The molecule has 128 valence electrons. The van der Waals surface area contributed by atoms with Gasteiger partial charge in [-0.2, -0.15) is 0 Å². The van der Waals surface area contributed by atoms with Gasteiger partial charge in [-0.25, -0.2) is 9.78 Å². The van der Waals surface area contributed by atoms with Crippen LogP contribution in [0.1, 0.15) is 18.2 Å². The molecular weight excluding hydrogens is 390 g/mol. The van der Waals surface area contributed by atoms with Gasteiger partial charge in [0.1, 0.15) is 6.33 Å². The summed E-state index contributed by atoms with van der Waals surface area (Å²) in [6.45, 7) is 0. The lowest BCUT2D eigenvalue weighted by atomic mass is 10.1. The Balaban J connectivity index is 1.74. The predicted octanol–water partition coefficient (Wildman–Crippen LogP) is 1.52. The van der Waals surface area contributed by atoms with Crippen LogP contribution in [-0.4, -0.2) is 24.4 Å². The number of aryl methyl sites for hydroxylation is 1. The first-order valence-electron chi connectivity index (χ1n) is 7.58. The molecule has 0 N–H and O–H groups in total. The van der Waals surface area contributed by atoms with Crippen LogP contribution in [0.2, 0.25) is 0 Å². The van der Waals surface area contributed by atoms with Crippen molar-refractivity contribution in [1.82, 2.24) is 18.7 Å². The maximum absolute atomic E-state index is 12.5. The van der Waals surface area contributed by atoms with Crippen LogP contribution in [-0.2, 0) is 18.9 Å². The molecule has 0 fully saturated rings. The van der Waals surface area contributed by atoms with E-state index in [0.29, 0.717) is 17.6 Å². The highest BCUT2D eigenvalue weighted by Crippen LogP contribution is 2.27. The molecule has 0 saturated heterocycles. The van der Waals surface area contributed by atoms with Crippen LogP contribution < -0.4 is 11.2 Å². The summed E-state index contributed by atoms with van der Waals surface area (Å²) >= 11 is 3.40. The Labute approximate surface area is 150 Å². The average molecular weight is 404 g/mol. The van der Waals surface area contributed by atoms with Gasteiger partial charge in [-0.05, 0) is 17.7 Å². The second kappa shape index (κ2) is 5.69. The Hall–Kier alpha value is -2.68. The molecule has 0 bridgehead atoms. The molecule has 0 radical (unpaired) electrons. The lowest BCUT2D eigenvalue weighted by Crippen LogP contribution is -2.37. The van der Waals surface area contributed by atoms with E-state index in [1.807, 2.05) is 24.3 Å². The first-order valence-corrected chi connectivity index (χ1v) is 8.38. The summed E-state index contributed by atoms with van der Waals surface area (Å²) < 4.78 is 5.02. The molecule has 0 amide bonds. The lowest BCUT2D eigenvalue weighted by Gasteiger charge is -2.11. The fourth-order valence-corrected chi connectivity index (χ4v) is 3.17. The number of rotatable bonds is 2. The second-order valence-electron chi connectivity index (χ2n) is 5.84. The van der Waals surface area contributed by atoms with E-state index in [4.69, 9.17) is 4.84 Å². The van der Waals surface area contributed by atoms with Crippen molar-refractivity contribution in [2.75, 3.05) is 0 Å². The third-order valence-corrected chi connectivity index (χ3v) is 4.84. The maximum atomic E-state index is 12.5. The van der Waals surface area contributed by atoms with E-state index < -0.39 is 17.5 Å². The zero-order valence-corrected chi connectivity index (χ0v) is 15.1. The monoisotopic (exact) mass is 403 g/mol. The number of hydrogen-bond acceptors (Lipinski definition) is 5. The number of halogens is 1. The zero-order valence-electron chi connectivity index (χ0n) is 13.5. The highest BCUT2D eigenvalue weighted by Gasteiger charge is 2.27. The summed E-state index contributed by atoms with van der Waals surface area (Å²) in [5.41, 5.74) is 1.57. The highest BCUT2D eigenvalue weighted by atomic mass is 79.9. The largest absolute Gasteiger partial charge is 0.369 e. The molecule has 1 unspecified atom stereocenters. The van der Waals surface area contributed by atoms with Gasteiger partial charge in [-0.3, -0.25) is 18.5 Å². The minimum Gasteiger partial charge on any atom is -0.369 e. The normalized spacial score (nSPS) is 16.9. The maximum Gasteiger partial charge on any atom is 0.332 e. The van der Waals surface area contributed by atoms with Gasteiger partial charge in [0, 0.05) is 18.6 Å². The van der Waals surface area contributed by atoms with E-state index >= 15 is 0 Å². The first-order chi connectivity index (χ1) is 12.0. The number of aromatic nitrogens is 4. The summed E-state index contributed by atoms with van der Waals surface area (Å²) in [5.74, 6) is 0. The molecule has 3 heterocycles. The van der Waals surface area contributed by atoms with Crippen LogP contribution >= 0.6 is 15.9 Å². The Morgan fingerprint density at radius 1 is 1.16 bits per heavy atom. The van der Waals surface area contributed by atoms with Crippen LogP contribution in [0.5, 0.6) is 0 Å². The molecule has 25 heavy (non-hydrogen) atoms. The van der Waals surface area contributed by atoms with Crippen molar-refractivity contribution >= 4 is 32.8 Å². The molecule has 2 aromatic heterocycles. The summed E-state index contributed by atoms with van der Waals surface area (Å²) in [4.78, 5) is 34.3. The Kier molecular flexibility index (Phi) is 3.60. The van der Waals surface area contributed by atoms with E-state index in [1.54, 1.807) is 11.6 Å². The molecule has 1 atom stereocenters. The summed E-state index contributed by atoms with van der Waals surface area (Å²) in [5, 5.41) is 4.15. The van der Waals surface area contributed by atoms with Crippen LogP contribution in [0.15, 0.2) is 49.8 Å². The third kappa shape index (κ3) is 2.42. The van der Waals surface area contributed by atoms with Crippen molar-refractivity contribution in [1.29, 1.82) is 0 Å². The van der Waals surface area contributed by atoms with Crippen molar-refractivity contribution < 1.29 is 4.84 Å². The van der Waals surface area contributed by atoms with Crippen LogP contribution in [0.4, 0.5) is 0 Å². The Morgan fingerprint density at radius 3 is 2.60 bits per heavy atom. The number of nitrogens with zero attached hydrogens (tertiary/aromatic N) is 5. The zero-order chi connectivity index (χ0) is 17.7.